The van der Waals surface area contributed by atoms with E-state index < -0.39 is 0 Å². The maximum Gasteiger partial charge on any atom is 0.0543 e. The summed E-state index contributed by atoms with van der Waals surface area (Å²) in [6, 6.07) is 0. The Kier molecular flexibility index (Phi) is 9.21. The zero-order valence-electron chi connectivity index (χ0n) is 6.82. The topological polar surface area (TPSA) is 75.2 Å². The molecule has 0 bridgehead atoms. The van der Waals surface area contributed by atoms with Crippen LogP contribution in [0.25, 0.3) is 0 Å². The van der Waals surface area contributed by atoms with Crippen molar-refractivity contribution < 1.29 is 15.9 Å². The van der Waals surface area contributed by atoms with Gasteiger partial charge in [0.05, 0.1) is 6.54 Å². The first-order valence-electron chi connectivity index (χ1n) is 3.46. The van der Waals surface area contributed by atoms with Crippen LogP contribution < -0.4 is 0 Å². The van der Waals surface area contributed by atoms with Crippen LogP contribution in [-0.2, 0) is 0 Å². The average Bonchev–Trinajstić information content (AvgIpc) is 1.86. The minimum absolute atomic E-state index is 0. The molecular weight excluding hydrogens is 146 g/mol. The van der Waals surface area contributed by atoms with Gasteiger partial charge in [-0.1, -0.05) is 24.6 Å². The fraction of sp³-hybridized carbons (Fsp3) is 0.714. The van der Waals surface area contributed by atoms with Crippen molar-refractivity contribution in [3.05, 3.63) is 12.7 Å². The highest BCUT2D eigenvalue weighted by Gasteiger charge is 2.06. The van der Waals surface area contributed by atoms with E-state index in [2.05, 4.69) is 6.58 Å². The van der Waals surface area contributed by atoms with Gasteiger partial charge in [-0.2, -0.15) is 0 Å². The molecule has 0 spiro atoms. The smallest absolute Gasteiger partial charge is 0.0543 e. The van der Waals surface area contributed by atoms with E-state index in [4.69, 9.17) is 10.4 Å². The number of hydrogen-bond acceptors (Lipinski definition) is 3. The van der Waals surface area contributed by atoms with E-state index in [9.17, 15) is 0 Å². The van der Waals surface area contributed by atoms with E-state index in [1.807, 2.05) is 6.92 Å². The first-order valence-corrected chi connectivity index (χ1v) is 3.46. The molecule has 0 amide bonds. The van der Waals surface area contributed by atoms with Gasteiger partial charge in [-0.3, -0.25) is 10.4 Å². The van der Waals surface area contributed by atoms with Crippen LogP contribution in [0.3, 0.4) is 0 Å². The number of rotatable bonds is 5. The Hall–Kier alpha value is -0.420. The van der Waals surface area contributed by atoms with Gasteiger partial charge in [0.1, 0.15) is 0 Å². The Balaban J connectivity index is 0. The zero-order valence-corrected chi connectivity index (χ0v) is 6.82. The fourth-order valence-corrected chi connectivity index (χ4v) is 0.837. The predicted octanol–water partition coefficient (Wildman–Crippen LogP) is 0.844. The summed E-state index contributed by atoms with van der Waals surface area (Å²) in [5.74, 6) is 0.299. The van der Waals surface area contributed by atoms with Gasteiger partial charge in [-0.05, 0) is 12.3 Å². The van der Waals surface area contributed by atoms with E-state index in [0.717, 1.165) is 12.8 Å². The van der Waals surface area contributed by atoms with Gasteiger partial charge in [0.15, 0.2) is 0 Å². The van der Waals surface area contributed by atoms with E-state index >= 15 is 0 Å². The lowest BCUT2D eigenvalue weighted by molar-refractivity contribution is -0.312. The van der Waals surface area contributed by atoms with Crippen LogP contribution in [0, 0.1) is 5.92 Å². The second-order valence-electron chi connectivity index (χ2n) is 2.35. The van der Waals surface area contributed by atoms with Crippen molar-refractivity contribution in [2.24, 2.45) is 5.92 Å². The quantitative estimate of drug-likeness (QED) is 0.466. The molecule has 68 valence electrons. The molecule has 1 unspecified atom stereocenters. The Morgan fingerprint density at radius 3 is 2.36 bits per heavy atom. The molecule has 0 aliphatic heterocycles. The molecule has 0 saturated carbocycles. The van der Waals surface area contributed by atoms with E-state index in [-0.39, 0.29) is 10.7 Å². The molecule has 0 fully saturated rings. The largest absolute Gasteiger partial charge is 0.412 e. The monoisotopic (exact) mass is 163 g/mol. The summed E-state index contributed by atoms with van der Waals surface area (Å²) in [5, 5.41) is 17.1. The summed E-state index contributed by atoms with van der Waals surface area (Å²) in [6.45, 7) is 5.88. The third-order valence-electron chi connectivity index (χ3n) is 1.50. The van der Waals surface area contributed by atoms with Crippen molar-refractivity contribution in [2.75, 3.05) is 6.54 Å². The van der Waals surface area contributed by atoms with Crippen LogP contribution in [0.15, 0.2) is 12.7 Å². The second-order valence-corrected chi connectivity index (χ2v) is 2.35. The van der Waals surface area contributed by atoms with Crippen molar-refractivity contribution in [3.63, 3.8) is 0 Å². The SMILES string of the molecule is C=CCC(CC)CN(O)O.O. The molecule has 0 aromatic carbocycles. The van der Waals surface area contributed by atoms with E-state index in [0.29, 0.717) is 12.5 Å². The molecule has 0 rings (SSSR count). The molecule has 0 radical (unpaired) electrons. The molecule has 0 aromatic heterocycles. The Bertz CT molecular complexity index is 95.7. The molecule has 0 saturated heterocycles. The minimum atomic E-state index is 0. The zero-order chi connectivity index (χ0) is 7.98. The summed E-state index contributed by atoms with van der Waals surface area (Å²) in [5.41, 5.74) is 0. The molecule has 4 N–H and O–H groups in total. The maximum absolute atomic E-state index is 8.44. The molecule has 4 heteroatoms. The Morgan fingerprint density at radius 2 is 2.09 bits per heavy atom. The van der Waals surface area contributed by atoms with Crippen LogP contribution in [0.5, 0.6) is 0 Å². The van der Waals surface area contributed by atoms with Gasteiger partial charge in [0.2, 0.25) is 0 Å². The molecule has 0 heterocycles. The Labute approximate surface area is 67.0 Å². The first-order chi connectivity index (χ1) is 4.70. The highest BCUT2D eigenvalue weighted by atomic mass is 16.8. The third-order valence-corrected chi connectivity index (χ3v) is 1.50. The second kappa shape index (κ2) is 7.68. The Morgan fingerprint density at radius 1 is 1.55 bits per heavy atom. The van der Waals surface area contributed by atoms with Crippen LogP contribution >= 0.6 is 0 Å². The van der Waals surface area contributed by atoms with Crippen LogP contribution in [-0.4, -0.2) is 27.7 Å². The molecule has 11 heavy (non-hydrogen) atoms. The highest BCUT2D eigenvalue weighted by molar-refractivity contribution is 4.72. The normalized spacial score (nSPS) is 12.4. The molecule has 4 nitrogen and oxygen atoms in total. The summed E-state index contributed by atoms with van der Waals surface area (Å²) < 4.78 is 0. The molecule has 0 aliphatic carbocycles. The van der Waals surface area contributed by atoms with Crippen molar-refractivity contribution in [2.45, 2.75) is 19.8 Å². The van der Waals surface area contributed by atoms with Crippen molar-refractivity contribution >= 4 is 0 Å². The number of hydrogen-bond donors (Lipinski definition) is 2. The fourth-order valence-electron chi connectivity index (χ4n) is 0.837. The minimum Gasteiger partial charge on any atom is -0.412 e. The number of hydroxylamine groups is 2. The molecular formula is C7H17NO3. The third kappa shape index (κ3) is 7.48. The summed E-state index contributed by atoms with van der Waals surface area (Å²) in [6.07, 6.45) is 3.55. The molecule has 0 aromatic rings. The van der Waals surface area contributed by atoms with Gasteiger partial charge in [-0.25, -0.2) is 0 Å². The van der Waals surface area contributed by atoms with Gasteiger partial charge in [0.25, 0.3) is 0 Å². The molecule has 0 aliphatic rings. The first kappa shape index (κ1) is 13.2. The lowest BCUT2D eigenvalue weighted by Crippen LogP contribution is -2.22. The van der Waals surface area contributed by atoms with E-state index in [1.165, 1.54) is 0 Å². The number of allylic oxidation sites excluding steroid dienone is 1. The predicted molar refractivity (Wildman–Crippen MR) is 42.5 cm³/mol. The lowest BCUT2D eigenvalue weighted by atomic mass is 10.0. The maximum atomic E-state index is 8.44. The van der Waals surface area contributed by atoms with Gasteiger partial charge in [0, 0.05) is 0 Å². The standard InChI is InChI=1S/C7H15NO2.H2O/c1-3-5-7(4-2)6-8(9)10;/h3,7,9-10H,1,4-6H2,2H3;1H2. The summed E-state index contributed by atoms with van der Waals surface area (Å²) in [4.78, 5) is 0. The lowest BCUT2D eigenvalue weighted by Gasteiger charge is -2.14. The van der Waals surface area contributed by atoms with Crippen molar-refractivity contribution in [1.82, 2.24) is 5.23 Å². The van der Waals surface area contributed by atoms with Crippen molar-refractivity contribution in [3.8, 4) is 0 Å². The van der Waals surface area contributed by atoms with Gasteiger partial charge in [-0.15, -0.1) is 6.58 Å². The van der Waals surface area contributed by atoms with Crippen LogP contribution in [0.2, 0.25) is 0 Å². The highest BCUT2D eigenvalue weighted by Crippen LogP contribution is 2.08. The summed E-state index contributed by atoms with van der Waals surface area (Å²) >= 11 is 0. The number of nitrogens with zero attached hydrogens (tertiary/aromatic N) is 1. The van der Waals surface area contributed by atoms with E-state index in [1.54, 1.807) is 6.08 Å². The van der Waals surface area contributed by atoms with Gasteiger partial charge >= 0.3 is 0 Å². The molecule has 1 atom stereocenters. The van der Waals surface area contributed by atoms with Crippen LogP contribution in [0.4, 0.5) is 0 Å². The van der Waals surface area contributed by atoms with Crippen LogP contribution in [0.1, 0.15) is 19.8 Å². The van der Waals surface area contributed by atoms with Gasteiger partial charge < -0.3 is 5.48 Å². The summed E-state index contributed by atoms with van der Waals surface area (Å²) in [7, 11) is 0. The van der Waals surface area contributed by atoms with Crippen molar-refractivity contribution in [1.29, 1.82) is 0 Å². The average molecular weight is 163 g/mol.